The standard InChI is InChI=1S/C18H27N3O2.ClH/c1-3-11-21(16-9-10-19-13-16)18(23)12-17(20-14(2)22)15-7-5-4-6-8-15;/h4-8,16-17,19H,3,9-13H2,1-2H3,(H,20,22);1H. The van der Waals surface area contributed by atoms with E-state index in [9.17, 15) is 9.59 Å². The Morgan fingerprint density at radius 3 is 2.58 bits per heavy atom. The Kier molecular flexibility index (Phi) is 8.79. The number of nitrogens with zero attached hydrogens (tertiary/aromatic N) is 1. The summed E-state index contributed by atoms with van der Waals surface area (Å²) in [6.07, 6.45) is 2.25. The fourth-order valence-electron chi connectivity index (χ4n) is 3.13. The van der Waals surface area contributed by atoms with Crippen molar-refractivity contribution < 1.29 is 9.59 Å². The normalized spacial score (nSPS) is 17.7. The molecule has 1 heterocycles. The topological polar surface area (TPSA) is 61.4 Å². The molecule has 24 heavy (non-hydrogen) atoms. The predicted octanol–water partition coefficient (Wildman–Crippen LogP) is 2.28. The Bertz CT molecular complexity index is 518. The van der Waals surface area contributed by atoms with E-state index >= 15 is 0 Å². The summed E-state index contributed by atoms with van der Waals surface area (Å²) in [4.78, 5) is 26.3. The highest BCUT2D eigenvalue weighted by Crippen LogP contribution is 2.20. The molecule has 2 N–H and O–H groups in total. The Morgan fingerprint density at radius 1 is 1.33 bits per heavy atom. The molecule has 0 radical (unpaired) electrons. The largest absolute Gasteiger partial charge is 0.349 e. The van der Waals surface area contributed by atoms with Crippen LogP contribution in [0.25, 0.3) is 0 Å². The minimum absolute atomic E-state index is 0. The second-order valence-corrected chi connectivity index (χ2v) is 6.10. The zero-order valence-electron chi connectivity index (χ0n) is 14.5. The lowest BCUT2D eigenvalue weighted by atomic mass is 10.0. The van der Waals surface area contributed by atoms with Crippen molar-refractivity contribution in [3.8, 4) is 0 Å². The summed E-state index contributed by atoms with van der Waals surface area (Å²) < 4.78 is 0. The van der Waals surface area contributed by atoms with Crippen molar-refractivity contribution in [2.75, 3.05) is 19.6 Å². The molecule has 0 aromatic heterocycles. The molecule has 1 aliphatic rings. The lowest BCUT2D eigenvalue weighted by Gasteiger charge is -2.30. The number of hydrogen-bond acceptors (Lipinski definition) is 3. The van der Waals surface area contributed by atoms with E-state index in [1.54, 1.807) is 0 Å². The van der Waals surface area contributed by atoms with Crippen molar-refractivity contribution in [3.63, 3.8) is 0 Å². The summed E-state index contributed by atoms with van der Waals surface area (Å²) in [6, 6.07) is 9.71. The molecule has 2 amide bonds. The zero-order valence-corrected chi connectivity index (χ0v) is 15.3. The van der Waals surface area contributed by atoms with Crippen LogP contribution in [0.5, 0.6) is 0 Å². The summed E-state index contributed by atoms with van der Waals surface area (Å²) >= 11 is 0. The van der Waals surface area contributed by atoms with Crippen LogP contribution in [0, 0.1) is 0 Å². The van der Waals surface area contributed by atoms with Gasteiger partial charge < -0.3 is 15.5 Å². The number of nitrogens with one attached hydrogen (secondary N) is 2. The van der Waals surface area contributed by atoms with Crippen LogP contribution in [0.15, 0.2) is 30.3 Å². The number of carbonyl (C=O) groups excluding carboxylic acids is 2. The van der Waals surface area contributed by atoms with Crippen LogP contribution in [0.4, 0.5) is 0 Å². The van der Waals surface area contributed by atoms with Gasteiger partial charge in [-0.05, 0) is 24.9 Å². The number of hydrogen-bond donors (Lipinski definition) is 2. The fourth-order valence-corrected chi connectivity index (χ4v) is 3.13. The van der Waals surface area contributed by atoms with Crippen molar-refractivity contribution >= 4 is 24.2 Å². The van der Waals surface area contributed by atoms with Gasteiger partial charge in [-0.15, -0.1) is 12.4 Å². The van der Waals surface area contributed by atoms with Gasteiger partial charge in [0.2, 0.25) is 11.8 Å². The molecule has 0 aliphatic carbocycles. The van der Waals surface area contributed by atoms with Gasteiger partial charge in [0.1, 0.15) is 0 Å². The summed E-state index contributed by atoms with van der Waals surface area (Å²) in [5, 5.41) is 6.23. The van der Waals surface area contributed by atoms with Gasteiger partial charge in [0, 0.05) is 26.1 Å². The van der Waals surface area contributed by atoms with E-state index < -0.39 is 0 Å². The maximum absolute atomic E-state index is 12.8. The Labute approximate surface area is 150 Å². The monoisotopic (exact) mass is 353 g/mol. The molecule has 2 atom stereocenters. The highest BCUT2D eigenvalue weighted by Gasteiger charge is 2.28. The molecule has 1 aliphatic heterocycles. The van der Waals surface area contributed by atoms with Gasteiger partial charge in [0.25, 0.3) is 0 Å². The minimum Gasteiger partial charge on any atom is -0.349 e. The van der Waals surface area contributed by atoms with E-state index in [1.165, 1.54) is 6.92 Å². The third-order valence-corrected chi connectivity index (χ3v) is 4.22. The van der Waals surface area contributed by atoms with E-state index in [0.717, 1.165) is 38.0 Å². The molecule has 0 bridgehead atoms. The lowest BCUT2D eigenvalue weighted by molar-refractivity contribution is -0.134. The molecule has 1 saturated heterocycles. The number of halogens is 1. The minimum atomic E-state index is -0.269. The lowest BCUT2D eigenvalue weighted by Crippen LogP contribution is -2.43. The van der Waals surface area contributed by atoms with Crippen molar-refractivity contribution in [1.29, 1.82) is 0 Å². The Hall–Kier alpha value is -1.59. The first-order valence-corrected chi connectivity index (χ1v) is 8.44. The third-order valence-electron chi connectivity index (χ3n) is 4.22. The second kappa shape index (κ2) is 10.3. The molecule has 134 valence electrons. The molecular formula is C18H28ClN3O2. The van der Waals surface area contributed by atoms with E-state index in [2.05, 4.69) is 17.6 Å². The first-order valence-electron chi connectivity index (χ1n) is 8.44. The molecule has 0 spiro atoms. The fraction of sp³-hybridized carbons (Fsp3) is 0.556. The number of benzene rings is 1. The van der Waals surface area contributed by atoms with E-state index in [0.29, 0.717) is 6.42 Å². The summed E-state index contributed by atoms with van der Waals surface area (Å²) in [7, 11) is 0. The van der Waals surface area contributed by atoms with Crippen LogP contribution in [-0.2, 0) is 9.59 Å². The molecule has 6 heteroatoms. The molecule has 5 nitrogen and oxygen atoms in total. The van der Waals surface area contributed by atoms with Crippen LogP contribution in [0.1, 0.15) is 44.7 Å². The van der Waals surface area contributed by atoms with Crippen molar-refractivity contribution in [2.24, 2.45) is 0 Å². The van der Waals surface area contributed by atoms with Crippen LogP contribution < -0.4 is 10.6 Å². The number of amides is 2. The number of rotatable bonds is 7. The average molecular weight is 354 g/mol. The predicted molar refractivity (Wildman–Crippen MR) is 98.1 cm³/mol. The first-order chi connectivity index (χ1) is 11.1. The molecule has 1 aromatic rings. The van der Waals surface area contributed by atoms with Gasteiger partial charge in [0.15, 0.2) is 0 Å². The number of carbonyl (C=O) groups is 2. The van der Waals surface area contributed by atoms with Crippen molar-refractivity contribution in [3.05, 3.63) is 35.9 Å². The highest BCUT2D eigenvalue weighted by atomic mass is 35.5. The maximum atomic E-state index is 12.8. The smallest absolute Gasteiger partial charge is 0.225 e. The Balaban J connectivity index is 0.00000288. The second-order valence-electron chi connectivity index (χ2n) is 6.10. The van der Waals surface area contributed by atoms with Crippen molar-refractivity contribution in [2.45, 2.75) is 45.2 Å². The first kappa shape index (κ1) is 20.5. The third kappa shape index (κ3) is 5.80. The van der Waals surface area contributed by atoms with Crippen LogP contribution in [-0.4, -0.2) is 42.4 Å². The van der Waals surface area contributed by atoms with Gasteiger partial charge in [0.05, 0.1) is 12.5 Å². The highest BCUT2D eigenvalue weighted by molar-refractivity contribution is 5.85. The van der Waals surface area contributed by atoms with Crippen LogP contribution in [0.2, 0.25) is 0 Å². The summed E-state index contributed by atoms with van der Waals surface area (Å²) in [6.45, 7) is 6.18. The maximum Gasteiger partial charge on any atom is 0.225 e. The van der Waals surface area contributed by atoms with Gasteiger partial charge in [-0.2, -0.15) is 0 Å². The van der Waals surface area contributed by atoms with Crippen LogP contribution in [0.3, 0.4) is 0 Å². The van der Waals surface area contributed by atoms with E-state index in [-0.39, 0.29) is 36.3 Å². The molecule has 1 fully saturated rings. The van der Waals surface area contributed by atoms with Crippen molar-refractivity contribution in [1.82, 2.24) is 15.5 Å². The summed E-state index contributed by atoms with van der Waals surface area (Å²) in [5.74, 6) is -0.000573. The summed E-state index contributed by atoms with van der Waals surface area (Å²) in [5.41, 5.74) is 0.969. The quantitative estimate of drug-likeness (QED) is 0.790. The SMILES string of the molecule is CCCN(C(=O)CC(NC(C)=O)c1ccccc1)C1CCNC1.Cl. The van der Waals surface area contributed by atoms with Gasteiger partial charge in [-0.1, -0.05) is 37.3 Å². The van der Waals surface area contributed by atoms with Gasteiger partial charge in [-0.3, -0.25) is 9.59 Å². The van der Waals surface area contributed by atoms with Crippen LogP contribution >= 0.6 is 12.4 Å². The molecule has 2 unspecified atom stereocenters. The van der Waals surface area contributed by atoms with E-state index in [1.807, 2.05) is 35.2 Å². The van der Waals surface area contributed by atoms with E-state index in [4.69, 9.17) is 0 Å². The molecule has 1 aromatic carbocycles. The zero-order chi connectivity index (χ0) is 16.7. The molecule has 0 saturated carbocycles. The van der Waals surface area contributed by atoms with Gasteiger partial charge >= 0.3 is 0 Å². The average Bonchev–Trinajstić information content (AvgIpc) is 3.06. The Morgan fingerprint density at radius 2 is 2.04 bits per heavy atom. The molecule has 2 rings (SSSR count). The molecular weight excluding hydrogens is 326 g/mol. The van der Waals surface area contributed by atoms with Gasteiger partial charge in [-0.25, -0.2) is 0 Å².